The zero-order valence-corrected chi connectivity index (χ0v) is 25.2. The van der Waals surface area contributed by atoms with Gasteiger partial charge in [0.2, 0.25) is 11.8 Å². The lowest BCUT2D eigenvalue weighted by atomic mass is 10.0. The lowest BCUT2D eigenvalue weighted by Crippen LogP contribution is -2.55. The zero-order chi connectivity index (χ0) is 30.5. The number of anilines is 1. The Hall–Kier alpha value is -2.13. The van der Waals surface area contributed by atoms with Crippen LogP contribution < -0.4 is 15.5 Å². The standard InChI is InChI=1S/C27H37ClF3N5O5S/c1-32-26(7-8-26)33-23(37)21-16-19(17-36(21)24(38)25(5-6-25)27(29,30)31)42(39,40)22-4-3-18(15-20(22)28)35-11-9-34(10-12-35)13-14-41-2/h3-4,15,19,21,32H,5-14,16-17H2,1-2H3,(H,33,37). The van der Waals surface area contributed by atoms with Crippen molar-refractivity contribution in [3.8, 4) is 0 Å². The van der Waals surface area contributed by atoms with Gasteiger partial charge >= 0.3 is 6.18 Å². The highest BCUT2D eigenvalue weighted by Gasteiger charge is 2.70. The molecule has 2 atom stereocenters. The fourth-order valence-electron chi connectivity index (χ4n) is 5.94. The summed E-state index contributed by atoms with van der Waals surface area (Å²) in [5.41, 5.74) is -2.51. The van der Waals surface area contributed by atoms with Gasteiger partial charge in [-0.05, 0) is 57.4 Å². The number of carbonyl (C=O) groups excluding carboxylic acids is 2. The maximum Gasteiger partial charge on any atom is 0.403 e. The van der Waals surface area contributed by atoms with Crippen molar-refractivity contribution in [2.45, 2.75) is 60.1 Å². The highest BCUT2D eigenvalue weighted by molar-refractivity contribution is 7.92. The van der Waals surface area contributed by atoms with Crippen molar-refractivity contribution in [2.75, 3.05) is 64.9 Å². The Bertz CT molecular complexity index is 1310. The molecule has 5 rings (SSSR count). The second-order valence-corrected chi connectivity index (χ2v) is 14.3. The van der Waals surface area contributed by atoms with Gasteiger partial charge in [-0.2, -0.15) is 13.2 Å². The smallest absolute Gasteiger partial charge is 0.383 e. The quantitative estimate of drug-likeness (QED) is 0.376. The van der Waals surface area contributed by atoms with E-state index in [4.69, 9.17) is 16.3 Å². The predicted octanol–water partition coefficient (Wildman–Crippen LogP) is 2.02. The number of carbonyl (C=O) groups is 2. The van der Waals surface area contributed by atoms with E-state index in [1.807, 2.05) is 0 Å². The van der Waals surface area contributed by atoms with Crippen molar-refractivity contribution in [1.29, 1.82) is 0 Å². The Kier molecular flexibility index (Phi) is 8.51. The average Bonchev–Trinajstić information content (AvgIpc) is 3.87. The first-order chi connectivity index (χ1) is 19.8. The Morgan fingerprint density at radius 2 is 1.79 bits per heavy atom. The molecule has 2 saturated heterocycles. The summed E-state index contributed by atoms with van der Waals surface area (Å²) in [6.07, 6.45) is -4.64. The van der Waals surface area contributed by atoms with Crippen molar-refractivity contribution in [1.82, 2.24) is 20.4 Å². The molecule has 2 aliphatic carbocycles. The molecule has 15 heteroatoms. The highest BCUT2D eigenvalue weighted by atomic mass is 35.5. The summed E-state index contributed by atoms with van der Waals surface area (Å²) in [7, 11) is -0.904. The molecule has 1 aromatic rings. The van der Waals surface area contributed by atoms with Gasteiger partial charge in [0.1, 0.15) is 11.5 Å². The van der Waals surface area contributed by atoms with Crippen molar-refractivity contribution < 1.29 is 35.9 Å². The first kappa shape index (κ1) is 31.3. The zero-order valence-electron chi connectivity index (χ0n) is 23.7. The number of alkyl halides is 3. The molecule has 2 unspecified atom stereocenters. The van der Waals surface area contributed by atoms with Crippen LogP contribution in [0.5, 0.6) is 0 Å². The highest BCUT2D eigenvalue weighted by Crippen LogP contribution is 2.59. The average molecular weight is 636 g/mol. The van der Waals surface area contributed by atoms with Gasteiger partial charge in [-0.25, -0.2) is 8.42 Å². The fourth-order valence-corrected chi connectivity index (χ4v) is 8.18. The number of methoxy groups -OCH3 is 1. The first-order valence-corrected chi connectivity index (χ1v) is 16.1. The van der Waals surface area contributed by atoms with Crippen LogP contribution in [-0.2, 0) is 24.2 Å². The van der Waals surface area contributed by atoms with Crippen LogP contribution in [0.25, 0.3) is 0 Å². The third-order valence-corrected chi connectivity index (χ3v) is 11.7. The summed E-state index contributed by atoms with van der Waals surface area (Å²) in [6, 6.07) is 3.30. The number of nitrogens with zero attached hydrogens (tertiary/aromatic N) is 3. The summed E-state index contributed by atoms with van der Waals surface area (Å²) in [4.78, 5) is 31.6. The minimum Gasteiger partial charge on any atom is -0.383 e. The van der Waals surface area contributed by atoms with Gasteiger partial charge in [0, 0.05) is 52.1 Å². The number of ether oxygens (including phenoxy) is 1. The first-order valence-electron chi connectivity index (χ1n) is 14.2. The van der Waals surface area contributed by atoms with E-state index >= 15 is 0 Å². The van der Waals surface area contributed by atoms with E-state index in [0.717, 1.165) is 43.3 Å². The Morgan fingerprint density at radius 1 is 1.12 bits per heavy atom. The topological polar surface area (TPSA) is 111 Å². The molecule has 2 aliphatic heterocycles. The molecule has 0 bridgehead atoms. The van der Waals surface area contributed by atoms with Gasteiger partial charge < -0.3 is 19.9 Å². The third-order valence-electron chi connectivity index (χ3n) is 9.13. The Balaban J connectivity index is 1.35. The summed E-state index contributed by atoms with van der Waals surface area (Å²) in [6.45, 7) is 4.00. The Labute approximate surface area is 248 Å². The van der Waals surface area contributed by atoms with Gasteiger partial charge in [0.25, 0.3) is 0 Å². The number of piperazine rings is 1. The summed E-state index contributed by atoms with van der Waals surface area (Å²) in [5.74, 6) is -1.91. The molecule has 0 radical (unpaired) electrons. The number of benzene rings is 1. The lowest BCUT2D eigenvalue weighted by Gasteiger charge is -2.36. The maximum atomic E-state index is 13.9. The number of hydrogen-bond donors (Lipinski definition) is 2. The lowest BCUT2D eigenvalue weighted by molar-refractivity contribution is -0.199. The van der Waals surface area contributed by atoms with Gasteiger partial charge in [-0.15, -0.1) is 0 Å². The molecule has 10 nitrogen and oxygen atoms in total. The molecule has 4 fully saturated rings. The number of likely N-dealkylation sites (tertiary alicyclic amines) is 1. The molecule has 1 aromatic carbocycles. The van der Waals surface area contributed by atoms with Gasteiger partial charge in [0.05, 0.1) is 27.4 Å². The second-order valence-electron chi connectivity index (χ2n) is 11.7. The molecule has 2 amide bonds. The summed E-state index contributed by atoms with van der Waals surface area (Å²) in [5, 5.41) is 4.44. The monoisotopic (exact) mass is 635 g/mol. The van der Waals surface area contributed by atoms with Crippen LogP contribution in [0.1, 0.15) is 32.1 Å². The fraction of sp³-hybridized carbons (Fsp3) is 0.704. The molecule has 4 aliphatic rings. The van der Waals surface area contributed by atoms with Gasteiger partial charge in [-0.3, -0.25) is 19.8 Å². The van der Waals surface area contributed by atoms with Crippen LogP contribution in [0, 0.1) is 5.41 Å². The summed E-state index contributed by atoms with van der Waals surface area (Å²) >= 11 is 6.51. The molecule has 42 heavy (non-hydrogen) atoms. The molecule has 234 valence electrons. The molecule has 0 aromatic heterocycles. The summed E-state index contributed by atoms with van der Waals surface area (Å²) < 4.78 is 74.4. The third kappa shape index (κ3) is 5.84. The number of halogens is 4. The van der Waals surface area contributed by atoms with Gasteiger partial charge in [0.15, 0.2) is 9.84 Å². The number of rotatable bonds is 10. The molecular weight excluding hydrogens is 599 g/mol. The van der Waals surface area contributed by atoms with Crippen LogP contribution in [0.15, 0.2) is 23.1 Å². The molecule has 0 spiro atoms. The van der Waals surface area contributed by atoms with Crippen LogP contribution in [0.2, 0.25) is 5.02 Å². The number of amides is 2. The molecule has 2 N–H and O–H groups in total. The largest absolute Gasteiger partial charge is 0.403 e. The molecular formula is C27H37ClF3N5O5S. The van der Waals surface area contributed by atoms with E-state index in [1.165, 1.54) is 6.07 Å². The van der Waals surface area contributed by atoms with E-state index in [1.54, 1.807) is 26.3 Å². The van der Waals surface area contributed by atoms with Crippen LogP contribution in [-0.4, -0.2) is 113 Å². The van der Waals surface area contributed by atoms with Crippen molar-refractivity contribution in [3.63, 3.8) is 0 Å². The second kappa shape index (κ2) is 11.4. The van der Waals surface area contributed by atoms with Crippen molar-refractivity contribution in [2.24, 2.45) is 5.41 Å². The molecule has 2 heterocycles. The van der Waals surface area contributed by atoms with E-state index in [9.17, 15) is 31.2 Å². The Morgan fingerprint density at radius 3 is 2.31 bits per heavy atom. The minimum atomic E-state index is -4.79. The van der Waals surface area contributed by atoms with E-state index < -0.39 is 56.7 Å². The number of nitrogens with one attached hydrogen (secondary N) is 2. The predicted molar refractivity (Wildman–Crippen MR) is 150 cm³/mol. The van der Waals surface area contributed by atoms with E-state index in [0.29, 0.717) is 19.4 Å². The number of sulfone groups is 1. The molecule has 2 saturated carbocycles. The van der Waals surface area contributed by atoms with Crippen molar-refractivity contribution in [3.05, 3.63) is 23.2 Å². The van der Waals surface area contributed by atoms with Crippen LogP contribution in [0.4, 0.5) is 18.9 Å². The van der Waals surface area contributed by atoms with Crippen LogP contribution >= 0.6 is 11.6 Å². The van der Waals surface area contributed by atoms with E-state index in [2.05, 4.69) is 20.4 Å². The maximum absolute atomic E-state index is 13.9. The number of hydrogen-bond acceptors (Lipinski definition) is 8. The van der Waals surface area contributed by atoms with Crippen LogP contribution in [0.3, 0.4) is 0 Å². The normalized spacial score (nSPS) is 25.4. The minimum absolute atomic E-state index is 0.0128. The van der Waals surface area contributed by atoms with Gasteiger partial charge in [-0.1, -0.05) is 11.6 Å². The SMILES string of the molecule is CNC1(NC(=O)C2CC(S(=O)(=O)c3ccc(N4CCN(CCOC)CC4)cc3Cl)CN2C(=O)C2(C(F)(F)F)CC2)CC1. The van der Waals surface area contributed by atoms with Crippen molar-refractivity contribution >= 4 is 38.9 Å². The van der Waals surface area contributed by atoms with E-state index in [-0.39, 0.29) is 29.2 Å².